The Morgan fingerprint density at radius 1 is 1.27 bits per heavy atom. The molecule has 140 valence electrons. The molecule has 0 unspecified atom stereocenters. The molecule has 0 spiro atoms. The summed E-state index contributed by atoms with van der Waals surface area (Å²) in [7, 11) is -3.01. The molecule has 1 aliphatic heterocycles. The first kappa shape index (κ1) is 17.7. The fraction of sp³-hybridized carbons (Fsp3) is 0.625. The number of thioether (sulfide) groups is 1. The van der Waals surface area contributed by atoms with Crippen molar-refractivity contribution in [2.24, 2.45) is 0 Å². The van der Waals surface area contributed by atoms with Gasteiger partial charge in [0.2, 0.25) is 11.1 Å². The van der Waals surface area contributed by atoms with Crippen molar-refractivity contribution in [3.8, 4) is 0 Å². The molecule has 0 bridgehead atoms. The third-order valence-corrected chi connectivity index (χ3v) is 7.33. The number of carbonyl (C=O) groups excluding carboxylic acids is 1. The fourth-order valence-electron chi connectivity index (χ4n) is 3.46. The van der Waals surface area contributed by atoms with Gasteiger partial charge in [-0.25, -0.2) is 17.9 Å². The Morgan fingerprint density at radius 3 is 2.69 bits per heavy atom. The SMILES string of the molecule is Cc1cc(C)n2nc(SCC(=O)N(C3CC3)[C@H]3CCS(=O)(=O)C3)nc2n1. The van der Waals surface area contributed by atoms with E-state index in [0.717, 1.165) is 24.2 Å². The van der Waals surface area contributed by atoms with E-state index in [9.17, 15) is 13.2 Å². The summed E-state index contributed by atoms with van der Waals surface area (Å²) in [5.41, 5.74) is 1.81. The van der Waals surface area contributed by atoms with Gasteiger partial charge in [0.25, 0.3) is 5.78 Å². The van der Waals surface area contributed by atoms with Crippen molar-refractivity contribution in [2.75, 3.05) is 17.3 Å². The van der Waals surface area contributed by atoms with Crippen molar-refractivity contribution in [1.29, 1.82) is 0 Å². The number of aromatic nitrogens is 4. The van der Waals surface area contributed by atoms with Crippen LogP contribution in [0.4, 0.5) is 0 Å². The number of aryl methyl sites for hydroxylation is 2. The molecule has 2 aromatic rings. The molecule has 8 nitrogen and oxygen atoms in total. The molecule has 0 N–H and O–H groups in total. The van der Waals surface area contributed by atoms with E-state index in [1.54, 1.807) is 9.42 Å². The number of amides is 1. The summed E-state index contributed by atoms with van der Waals surface area (Å²) in [5.74, 6) is 0.980. The lowest BCUT2D eigenvalue weighted by Crippen LogP contribution is -2.43. The minimum absolute atomic E-state index is 0.0284. The van der Waals surface area contributed by atoms with E-state index in [0.29, 0.717) is 17.4 Å². The van der Waals surface area contributed by atoms with Gasteiger partial charge in [0.1, 0.15) is 0 Å². The van der Waals surface area contributed by atoms with Gasteiger partial charge in [-0.05, 0) is 39.2 Å². The average Bonchev–Trinajstić information content (AvgIpc) is 3.19. The number of nitrogens with zero attached hydrogens (tertiary/aromatic N) is 5. The molecule has 4 rings (SSSR count). The second-order valence-corrected chi connectivity index (χ2v) is 10.2. The van der Waals surface area contributed by atoms with E-state index in [2.05, 4.69) is 15.1 Å². The van der Waals surface area contributed by atoms with Crippen molar-refractivity contribution < 1.29 is 13.2 Å². The van der Waals surface area contributed by atoms with Crippen LogP contribution in [-0.2, 0) is 14.6 Å². The minimum atomic E-state index is -3.01. The van der Waals surface area contributed by atoms with Crippen LogP contribution in [0.1, 0.15) is 30.7 Å². The van der Waals surface area contributed by atoms with Gasteiger partial charge in [0.05, 0.1) is 17.3 Å². The fourth-order valence-corrected chi connectivity index (χ4v) is 5.86. The predicted octanol–water partition coefficient (Wildman–Crippen LogP) is 1.01. The van der Waals surface area contributed by atoms with Crippen molar-refractivity contribution in [1.82, 2.24) is 24.5 Å². The van der Waals surface area contributed by atoms with E-state index < -0.39 is 9.84 Å². The molecular formula is C16H21N5O3S2. The largest absolute Gasteiger partial charge is 0.335 e. The molecule has 1 amide bonds. The molecule has 3 heterocycles. The van der Waals surface area contributed by atoms with E-state index in [4.69, 9.17) is 0 Å². The predicted molar refractivity (Wildman–Crippen MR) is 97.9 cm³/mol. The second-order valence-electron chi connectivity index (χ2n) is 7.02. The maximum absolute atomic E-state index is 12.8. The third-order valence-electron chi connectivity index (χ3n) is 4.75. The van der Waals surface area contributed by atoms with Gasteiger partial charge in [-0.1, -0.05) is 11.8 Å². The van der Waals surface area contributed by atoms with Gasteiger partial charge >= 0.3 is 0 Å². The molecule has 0 radical (unpaired) electrons. The van der Waals surface area contributed by atoms with Crippen LogP contribution >= 0.6 is 11.8 Å². The number of fused-ring (bicyclic) bond motifs is 1. The van der Waals surface area contributed by atoms with E-state index in [1.165, 1.54) is 11.8 Å². The Hall–Kier alpha value is -1.68. The van der Waals surface area contributed by atoms with Gasteiger partial charge in [0, 0.05) is 23.5 Å². The monoisotopic (exact) mass is 395 g/mol. The number of hydrogen-bond acceptors (Lipinski definition) is 7. The first-order valence-electron chi connectivity index (χ1n) is 8.68. The van der Waals surface area contributed by atoms with Crippen LogP contribution in [0, 0.1) is 13.8 Å². The Balaban J connectivity index is 1.46. The van der Waals surface area contributed by atoms with Crippen LogP contribution in [0.25, 0.3) is 5.78 Å². The van der Waals surface area contributed by atoms with Crippen LogP contribution < -0.4 is 0 Å². The standard InChI is InChI=1S/C16H21N5O3S2/c1-10-7-11(2)21-15(17-10)18-16(19-21)25-8-14(22)20(12-3-4-12)13-5-6-26(23,24)9-13/h7,12-13H,3-6,8-9H2,1-2H3/t13-/m0/s1. The first-order chi connectivity index (χ1) is 12.3. The Kier molecular flexibility index (Phi) is 4.42. The third kappa shape index (κ3) is 3.57. The van der Waals surface area contributed by atoms with Crippen LogP contribution in [0.3, 0.4) is 0 Å². The van der Waals surface area contributed by atoms with E-state index >= 15 is 0 Å². The Labute approximate surface area is 156 Å². The normalized spacial score (nSPS) is 22.0. The van der Waals surface area contributed by atoms with Crippen LogP contribution in [0.5, 0.6) is 0 Å². The van der Waals surface area contributed by atoms with Gasteiger partial charge in [-0.3, -0.25) is 4.79 Å². The molecule has 1 saturated heterocycles. The lowest BCUT2D eigenvalue weighted by molar-refractivity contribution is -0.130. The number of carbonyl (C=O) groups is 1. The highest BCUT2D eigenvalue weighted by Gasteiger charge is 2.41. The lowest BCUT2D eigenvalue weighted by Gasteiger charge is -2.28. The Morgan fingerprint density at radius 2 is 2.04 bits per heavy atom. The zero-order valence-electron chi connectivity index (χ0n) is 14.8. The highest BCUT2D eigenvalue weighted by atomic mass is 32.2. The summed E-state index contributed by atoms with van der Waals surface area (Å²) in [6, 6.07) is 1.94. The van der Waals surface area contributed by atoms with Crippen molar-refractivity contribution >= 4 is 33.3 Å². The highest BCUT2D eigenvalue weighted by molar-refractivity contribution is 7.99. The smallest absolute Gasteiger partial charge is 0.253 e. The topological polar surface area (TPSA) is 97.5 Å². The van der Waals surface area contributed by atoms with Gasteiger partial charge in [0.15, 0.2) is 9.84 Å². The first-order valence-corrected chi connectivity index (χ1v) is 11.5. The lowest BCUT2D eigenvalue weighted by atomic mass is 10.2. The average molecular weight is 396 g/mol. The van der Waals surface area contributed by atoms with Crippen molar-refractivity contribution in [3.05, 3.63) is 17.5 Å². The second kappa shape index (κ2) is 6.49. The molecule has 26 heavy (non-hydrogen) atoms. The highest BCUT2D eigenvalue weighted by Crippen LogP contribution is 2.33. The molecule has 1 atom stereocenters. The maximum atomic E-state index is 12.8. The zero-order chi connectivity index (χ0) is 18.5. The van der Waals surface area contributed by atoms with Gasteiger partial charge in [-0.15, -0.1) is 5.10 Å². The summed E-state index contributed by atoms with van der Waals surface area (Å²) in [5, 5.41) is 4.91. The summed E-state index contributed by atoms with van der Waals surface area (Å²) in [4.78, 5) is 23.3. The van der Waals surface area contributed by atoms with Gasteiger partial charge in [-0.2, -0.15) is 4.98 Å². The molecule has 0 aromatic carbocycles. The van der Waals surface area contributed by atoms with E-state index in [1.807, 2.05) is 19.9 Å². The summed E-state index contributed by atoms with van der Waals surface area (Å²) in [6.45, 7) is 3.84. The minimum Gasteiger partial charge on any atom is -0.335 e. The summed E-state index contributed by atoms with van der Waals surface area (Å²) < 4.78 is 25.2. The summed E-state index contributed by atoms with van der Waals surface area (Å²) >= 11 is 1.28. The number of hydrogen-bond donors (Lipinski definition) is 0. The number of rotatable bonds is 5. The van der Waals surface area contributed by atoms with Gasteiger partial charge < -0.3 is 4.90 Å². The Bertz CT molecular complexity index is 968. The maximum Gasteiger partial charge on any atom is 0.253 e. The van der Waals surface area contributed by atoms with Crippen LogP contribution in [0.15, 0.2) is 11.2 Å². The quantitative estimate of drug-likeness (QED) is 0.697. The van der Waals surface area contributed by atoms with Crippen molar-refractivity contribution in [3.63, 3.8) is 0 Å². The molecule has 10 heteroatoms. The van der Waals surface area contributed by atoms with Crippen molar-refractivity contribution in [2.45, 2.75) is 50.4 Å². The van der Waals surface area contributed by atoms with Crippen LogP contribution in [0.2, 0.25) is 0 Å². The summed E-state index contributed by atoms with van der Waals surface area (Å²) in [6.07, 6.45) is 2.47. The molecule has 1 aliphatic carbocycles. The molecule has 2 fully saturated rings. The molecule has 1 saturated carbocycles. The molecular weight excluding hydrogens is 374 g/mol. The van der Waals surface area contributed by atoms with E-state index in [-0.39, 0.29) is 35.2 Å². The zero-order valence-corrected chi connectivity index (χ0v) is 16.4. The molecule has 2 aromatic heterocycles. The van der Waals surface area contributed by atoms with Crippen LogP contribution in [-0.4, -0.2) is 68.1 Å². The molecule has 2 aliphatic rings. The number of sulfone groups is 1.